The molecule has 0 saturated carbocycles. The van der Waals surface area contributed by atoms with E-state index in [-0.39, 0.29) is 16.8 Å². The molecule has 0 aliphatic rings. The molecule has 2 aromatic carbocycles. The molecule has 0 saturated heterocycles. The maximum absolute atomic E-state index is 12.5. The minimum Gasteiger partial charge on any atom is -0.322 e. The molecular weight excluding hydrogens is 378 g/mol. The molecule has 2 N–H and O–H groups in total. The third-order valence-electron chi connectivity index (χ3n) is 4.19. The summed E-state index contributed by atoms with van der Waals surface area (Å²) in [6.07, 6.45) is 3.96. The van der Waals surface area contributed by atoms with Crippen LogP contribution in [0.4, 0.5) is 5.69 Å². The lowest BCUT2D eigenvalue weighted by Crippen LogP contribution is -2.32. The number of nitrogens with zero attached hydrogens (tertiary/aromatic N) is 3. The van der Waals surface area contributed by atoms with Crippen LogP contribution in [0, 0.1) is 0 Å². The van der Waals surface area contributed by atoms with Crippen LogP contribution in [-0.2, 0) is 10.0 Å². The zero-order chi connectivity index (χ0) is 20.1. The fourth-order valence-corrected chi connectivity index (χ4v) is 3.80. The van der Waals surface area contributed by atoms with Crippen molar-refractivity contribution >= 4 is 21.6 Å². The van der Waals surface area contributed by atoms with Crippen molar-refractivity contribution < 1.29 is 13.2 Å². The van der Waals surface area contributed by atoms with E-state index in [1.807, 2.05) is 13.0 Å². The number of aromatic nitrogens is 3. The number of benzene rings is 2. The lowest BCUT2D eigenvalue weighted by atomic mass is 10.2. The van der Waals surface area contributed by atoms with Crippen molar-refractivity contribution in [3.63, 3.8) is 0 Å². The van der Waals surface area contributed by atoms with Crippen LogP contribution < -0.4 is 10.0 Å². The highest BCUT2D eigenvalue weighted by molar-refractivity contribution is 7.89. The molecule has 0 spiro atoms. The fourth-order valence-electron chi connectivity index (χ4n) is 2.48. The largest absolute Gasteiger partial charge is 0.322 e. The Morgan fingerprint density at radius 1 is 1.18 bits per heavy atom. The standard InChI is InChI=1S/C19H21N5O3S/c1-3-14(2)22-28(26,27)18-9-7-15(8-10-18)19(25)21-16-5-4-6-17(13-16)24-12-11-20-23-24/h4-14,22H,3H2,1-2H3,(H,21,25)/t14-/m0/s1. The summed E-state index contributed by atoms with van der Waals surface area (Å²) < 4.78 is 28.8. The van der Waals surface area contributed by atoms with Crippen molar-refractivity contribution in [3.8, 4) is 5.69 Å². The van der Waals surface area contributed by atoms with Crippen molar-refractivity contribution in [1.29, 1.82) is 0 Å². The SMILES string of the molecule is CC[C@H](C)NS(=O)(=O)c1ccc(C(=O)Nc2cccc(-n3ccnn3)c2)cc1. The highest BCUT2D eigenvalue weighted by Gasteiger charge is 2.17. The molecule has 3 aromatic rings. The Labute approximate surface area is 163 Å². The van der Waals surface area contributed by atoms with E-state index in [1.54, 1.807) is 42.2 Å². The van der Waals surface area contributed by atoms with Gasteiger partial charge in [-0.2, -0.15) is 0 Å². The molecule has 1 aromatic heterocycles. The highest BCUT2D eigenvalue weighted by atomic mass is 32.2. The van der Waals surface area contributed by atoms with Gasteiger partial charge in [0.2, 0.25) is 10.0 Å². The van der Waals surface area contributed by atoms with Gasteiger partial charge in [-0.05, 0) is 55.8 Å². The zero-order valence-corrected chi connectivity index (χ0v) is 16.3. The summed E-state index contributed by atoms with van der Waals surface area (Å²) in [5.41, 5.74) is 1.70. The van der Waals surface area contributed by atoms with Crippen LogP contribution in [-0.4, -0.2) is 35.4 Å². The molecule has 28 heavy (non-hydrogen) atoms. The fraction of sp³-hybridized carbons (Fsp3) is 0.211. The molecule has 3 rings (SSSR count). The Morgan fingerprint density at radius 2 is 1.93 bits per heavy atom. The molecule has 8 nitrogen and oxygen atoms in total. The Kier molecular flexibility index (Phi) is 5.86. The first-order valence-corrected chi connectivity index (χ1v) is 10.3. The van der Waals surface area contributed by atoms with Gasteiger partial charge in [0.15, 0.2) is 0 Å². The Balaban J connectivity index is 1.73. The quantitative estimate of drug-likeness (QED) is 0.635. The summed E-state index contributed by atoms with van der Waals surface area (Å²) in [4.78, 5) is 12.6. The van der Waals surface area contributed by atoms with E-state index in [0.717, 1.165) is 5.69 Å². The molecule has 0 aliphatic carbocycles. The topological polar surface area (TPSA) is 106 Å². The van der Waals surface area contributed by atoms with Gasteiger partial charge in [-0.15, -0.1) is 5.10 Å². The number of sulfonamides is 1. The Hall–Kier alpha value is -3.04. The predicted octanol–water partition coefficient (Wildman–Crippen LogP) is 2.60. The van der Waals surface area contributed by atoms with Gasteiger partial charge < -0.3 is 5.32 Å². The van der Waals surface area contributed by atoms with Crippen LogP contribution in [0.3, 0.4) is 0 Å². The number of rotatable bonds is 7. The third-order valence-corrected chi connectivity index (χ3v) is 5.79. The van der Waals surface area contributed by atoms with E-state index >= 15 is 0 Å². The number of hydrogen-bond donors (Lipinski definition) is 2. The molecule has 0 radical (unpaired) electrons. The third kappa shape index (κ3) is 4.62. The lowest BCUT2D eigenvalue weighted by molar-refractivity contribution is 0.102. The second-order valence-electron chi connectivity index (χ2n) is 6.31. The molecule has 9 heteroatoms. The molecule has 1 heterocycles. The molecule has 0 unspecified atom stereocenters. The number of nitrogens with one attached hydrogen (secondary N) is 2. The number of hydrogen-bond acceptors (Lipinski definition) is 5. The number of carbonyl (C=O) groups is 1. The lowest BCUT2D eigenvalue weighted by Gasteiger charge is -2.12. The summed E-state index contributed by atoms with van der Waals surface area (Å²) in [7, 11) is -3.60. The van der Waals surface area contributed by atoms with E-state index in [0.29, 0.717) is 17.7 Å². The van der Waals surface area contributed by atoms with Crippen molar-refractivity contribution in [3.05, 3.63) is 66.5 Å². The van der Waals surface area contributed by atoms with Crippen LogP contribution in [0.5, 0.6) is 0 Å². The summed E-state index contributed by atoms with van der Waals surface area (Å²) in [6.45, 7) is 3.70. The van der Waals surface area contributed by atoms with Gasteiger partial charge in [-0.3, -0.25) is 4.79 Å². The van der Waals surface area contributed by atoms with E-state index in [1.165, 1.54) is 24.3 Å². The van der Waals surface area contributed by atoms with Crippen LogP contribution >= 0.6 is 0 Å². The monoisotopic (exact) mass is 399 g/mol. The highest BCUT2D eigenvalue weighted by Crippen LogP contribution is 2.16. The van der Waals surface area contributed by atoms with Crippen LogP contribution in [0.15, 0.2) is 65.8 Å². The number of carbonyl (C=O) groups excluding carboxylic acids is 1. The van der Waals surface area contributed by atoms with Gasteiger partial charge >= 0.3 is 0 Å². The molecule has 1 atom stereocenters. The molecule has 0 bridgehead atoms. The van der Waals surface area contributed by atoms with Gasteiger partial charge in [0.05, 0.1) is 23.0 Å². The van der Waals surface area contributed by atoms with Crippen LogP contribution in [0.25, 0.3) is 5.69 Å². The van der Waals surface area contributed by atoms with Gasteiger partial charge in [0.25, 0.3) is 5.91 Å². The van der Waals surface area contributed by atoms with E-state index in [2.05, 4.69) is 20.4 Å². The van der Waals surface area contributed by atoms with E-state index in [9.17, 15) is 13.2 Å². The first kappa shape index (κ1) is 19.7. The van der Waals surface area contributed by atoms with E-state index in [4.69, 9.17) is 0 Å². The maximum atomic E-state index is 12.5. The van der Waals surface area contributed by atoms with Crippen molar-refractivity contribution in [2.24, 2.45) is 0 Å². The minimum atomic E-state index is -3.60. The summed E-state index contributed by atoms with van der Waals surface area (Å²) in [6, 6.07) is 12.8. The van der Waals surface area contributed by atoms with Crippen molar-refractivity contribution in [2.45, 2.75) is 31.2 Å². The van der Waals surface area contributed by atoms with Crippen molar-refractivity contribution in [1.82, 2.24) is 19.7 Å². The minimum absolute atomic E-state index is 0.123. The van der Waals surface area contributed by atoms with Crippen LogP contribution in [0.2, 0.25) is 0 Å². The maximum Gasteiger partial charge on any atom is 0.255 e. The number of amides is 1. The smallest absolute Gasteiger partial charge is 0.255 e. The molecule has 0 fully saturated rings. The van der Waals surface area contributed by atoms with Crippen molar-refractivity contribution in [2.75, 3.05) is 5.32 Å². The summed E-state index contributed by atoms with van der Waals surface area (Å²) in [5.74, 6) is -0.338. The predicted molar refractivity (Wildman–Crippen MR) is 106 cm³/mol. The zero-order valence-electron chi connectivity index (χ0n) is 15.5. The first-order chi connectivity index (χ1) is 13.4. The number of anilines is 1. The van der Waals surface area contributed by atoms with Gasteiger partial charge in [-0.1, -0.05) is 18.2 Å². The average Bonchev–Trinajstić information content (AvgIpc) is 3.23. The molecule has 1 amide bonds. The van der Waals surface area contributed by atoms with Gasteiger partial charge in [0.1, 0.15) is 0 Å². The normalized spacial score (nSPS) is 12.5. The molecule has 0 aliphatic heterocycles. The Morgan fingerprint density at radius 3 is 2.57 bits per heavy atom. The second kappa shape index (κ2) is 8.32. The summed E-state index contributed by atoms with van der Waals surface area (Å²) in [5, 5.41) is 10.5. The second-order valence-corrected chi connectivity index (χ2v) is 8.02. The van der Waals surface area contributed by atoms with Gasteiger partial charge in [-0.25, -0.2) is 17.8 Å². The molecule has 146 valence electrons. The summed E-state index contributed by atoms with van der Waals surface area (Å²) >= 11 is 0. The van der Waals surface area contributed by atoms with Gasteiger partial charge in [0, 0.05) is 17.3 Å². The van der Waals surface area contributed by atoms with Crippen LogP contribution in [0.1, 0.15) is 30.6 Å². The Bertz CT molecular complexity index is 1050. The average molecular weight is 399 g/mol. The first-order valence-electron chi connectivity index (χ1n) is 8.79. The van der Waals surface area contributed by atoms with E-state index < -0.39 is 10.0 Å². The molecular formula is C19H21N5O3S.